The van der Waals surface area contributed by atoms with Gasteiger partial charge in [-0.05, 0) is 12.1 Å². The molecule has 1 heterocycles. The summed E-state index contributed by atoms with van der Waals surface area (Å²) in [5, 5.41) is 2.18. The van der Waals surface area contributed by atoms with Gasteiger partial charge in [-0.1, -0.05) is 6.07 Å². The lowest BCUT2D eigenvalue weighted by atomic mass is 10.1. The summed E-state index contributed by atoms with van der Waals surface area (Å²) in [6.07, 6.45) is 0. The fraction of sp³-hybridized carbons (Fsp3) is 0.250. The van der Waals surface area contributed by atoms with Crippen LogP contribution in [-0.4, -0.2) is 38.0 Å². The fourth-order valence-corrected chi connectivity index (χ4v) is 1.98. The number of anilines is 2. The van der Waals surface area contributed by atoms with Gasteiger partial charge in [0.05, 0.1) is 37.1 Å². The normalized spacial score (nSPS) is 15.1. The maximum absolute atomic E-state index is 11.7. The first kappa shape index (κ1) is 12.9. The quantitative estimate of drug-likeness (QED) is 0.424. The van der Waals surface area contributed by atoms with Gasteiger partial charge in [-0.15, -0.1) is 0 Å². The van der Waals surface area contributed by atoms with Crippen LogP contribution in [0.5, 0.6) is 0 Å². The zero-order chi connectivity index (χ0) is 14.0. The van der Waals surface area contributed by atoms with Crippen LogP contribution in [0.4, 0.5) is 11.4 Å². The number of methoxy groups -OCH3 is 1. The number of piperazine rings is 1. The van der Waals surface area contributed by atoms with Gasteiger partial charge in [0.25, 0.3) is 0 Å². The molecule has 2 rings (SSSR count). The van der Waals surface area contributed by atoms with Crippen LogP contribution in [0.3, 0.4) is 0 Å². The molecule has 1 aromatic rings. The molecule has 0 spiro atoms. The van der Waals surface area contributed by atoms with Crippen LogP contribution in [0.25, 0.3) is 0 Å². The number of carbonyl (C=O) groups excluding carboxylic acids is 3. The van der Waals surface area contributed by atoms with Gasteiger partial charge in [-0.2, -0.15) is 0 Å². The summed E-state index contributed by atoms with van der Waals surface area (Å²) in [5.74, 6) is -1.44. The standard InChI is InChI=1S/C12H13N3O4/c1-19-12(18)7-3-2-4-8(13)11(7)15-5-9(16)14-10(17)6-15/h2-4H,5-6,13H2,1H3,(H,14,16,17). The third kappa shape index (κ3) is 2.49. The summed E-state index contributed by atoms with van der Waals surface area (Å²) in [4.78, 5) is 35.9. The van der Waals surface area contributed by atoms with Gasteiger partial charge in [0, 0.05) is 0 Å². The molecule has 0 atom stereocenters. The molecule has 0 aromatic heterocycles. The maximum Gasteiger partial charge on any atom is 0.340 e. The maximum atomic E-state index is 11.7. The number of esters is 1. The Morgan fingerprint density at radius 2 is 1.95 bits per heavy atom. The number of nitrogens with two attached hydrogens (primary N) is 1. The summed E-state index contributed by atoms with van der Waals surface area (Å²) in [6, 6.07) is 4.74. The van der Waals surface area contributed by atoms with E-state index in [9.17, 15) is 14.4 Å². The van der Waals surface area contributed by atoms with Crippen molar-refractivity contribution in [1.29, 1.82) is 0 Å². The number of benzene rings is 1. The van der Waals surface area contributed by atoms with E-state index in [0.29, 0.717) is 11.4 Å². The van der Waals surface area contributed by atoms with E-state index < -0.39 is 17.8 Å². The van der Waals surface area contributed by atoms with Crippen molar-refractivity contribution in [1.82, 2.24) is 5.32 Å². The van der Waals surface area contributed by atoms with Crippen molar-refractivity contribution in [3.05, 3.63) is 23.8 Å². The predicted octanol–water partition coefficient (Wildman–Crippen LogP) is -0.482. The molecule has 1 saturated heterocycles. The minimum atomic E-state index is -0.569. The van der Waals surface area contributed by atoms with E-state index in [2.05, 4.69) is 10.1 Å². The molecule has 0 bridgehead atoms. The van der Waals surface area contributed by atoms with Crippen molar-refractivity contribution >= 4 is 29.2 Å². The monoisotopic (exact) mass is 263 g/mol. The molecule has 1 aliphatic heterocycles. The molecular weight excluding hydrogens is 250 g/mol. The van der Waals surface area contributed by atoms with Crippen LogP contribution in [-0.2, 0) is 14.3 Å². The van der Waals surface area contributed by atoms with Crippen molar-refractivity contribution in [2.75, 3.05) is 30.8 Å². The van der Waals surface area contributed by atoms with E-state index in [1.807, 2.05) is 0 Å². The second-order valence-corrected chi connectivity index (χ2v) is 4.06. The lowest BCUT2D eigenvalue weighted by Crippen LogP contribution is -2.52. The molecule has 0 aliphatic carbocycles. The Morgan fingerprint density at radius 3 is 2.53 bits per heavy atom. The number of amides is 2. The topological polar surface area (TPSA) is 102 Å². The van der Waals surface area contributed by atoms with Crippen molar-refractivity contribution in [3.8, 4) is 0 Å². The first-order valence-corrected chi connectivity index (χ1v) is 5.57. The van der Waals surface area contributed by atoms with Crippen LogP contribution in [0, 0.1) is 0 Å². The smallest absolute Gasteiger partial charge is 0.340 e. The summed E-state index contributed by atoms with van der Waals surface area (Å²) < 4.78 is 4.67. The SMILES string of the molecule is COC(=O)c1cccc(N)c1N1CC(=O)NC(=O)C1. The minimum absolute atomic E-state index is 0.0378. The van der Waals surface area contributed by atoms with E-state index in [4.69, 9.17) is 5.73 Å². The number of rotatable bonds is 2. The van der Waals surface area contributed by atoms with Crippen molar-refractivity contribution < 1.29 is 19.1 Å². The zero-order valence-corrected chi connectivity index (χ0v) is 10.3. The fourth-order valence-electron chi connectivity index (χ4n) is 1.98. The Morgan fingerprint density at radius 1 is 1.32 bits per heavy atom. The van der Waals surface area contributed by atoms with Gasteiger partial charge in [0.2, 0.25) is 11.8 Å². The second kappa shape index (κ2) is 4.97. The Kier molecular flexibility index (Phi) is 3.37. The number of hydrogen-bond donors (Lipinski definition) is 2. The van der Waals surface area contributed by atoms with E-state index in [1.165, 1.54) is 18.1 Å². The van der Waals surface area contributed by atoms with Gasteiger partial charge in [0.1, 0.15) is 0 Å². The van der Waals surface area contributed by atoms with Crippen molar-refractivity contribution in [3.63, 3.8) is 0 Å². The lowest BCUT2D eigenvalue weighted by molar-refractivity contribution is -0.130. The second-order valence-electron chi connectivity index (χ2n) is 4.06. The number of hydrogen-bond acceptors (Lipinski definition) is 6. The highest BCUT2D eigenvalue weighted by molar-refractivity contribution is 6.06. The van der Waals surface area contributed by atoms with E-state index >= 15 is 0 Å². The molecule has 100 valence electrons. The van der Waals surface area contributed by atoms with E-state index in [-0.39, 0.29) is 18.7 Å². The summed E-state index contributed by atoms with van der Waals surface area (Å²) >= 11 is 0. The third-order valence-electron chi connectivity index (χ3n) is 2.74. The first-order valence-electron chi connectivity index (χ1n) is 5.57. The number of nitrogens with zero attached hydrogens (tertiary/aromatic N) is 1. The molecule has 19 heavy (non-hydrogen) atoms. The third-order valence-corrected chi connectivity index (χ3v) is 2.74. The van der Waals surface area contributed by atoms with Crippen molar-refractivity contribution in [2.24, 2.45) is 0 Å². The Bertz CT molecular complexity index is 540. The van der Waals surface area contributed by atoms with Crippen LogP contribution >= 0.6 is 0 Å². The van der Waals surface area contributed by atoms with Gasteiger partial charge < -0.3 is 15.4 Å². The highest BCUT2D eigenvalue weighted by Crippen LogP contribution is 2.29. The Balaban J connectivity index is 2.45. The van der Waals surface area contributed by atoms with Crippen molar-refractivity contribution in [2.45, 2.75) is 0 Å². The highest BCUT2D eigenvalue weighted by Gasteiger charge is 2.27. The molecule has 0 radical (unpaired) electrons. The van der Waals surface area contributed by atoms with Crippen LogP contribution < -0.4 is 16.0 Å². The molecule has 3 N–H and O–H groups in total. The molecule has 2 amide bonds. The zero-order valence-electron chi connectivity index (χ0n) is 10.3. The van der Waals surface area contributed by atoms with E-state index in [0.717, 1.165) is 0 Å². The molecule has 0 saturated carbocycles. The van der Waals surface area contributed by atoms with Crippen LogP contribution in [0.1, 0.15) is 10.4 Å². The average molecular weight is 263 g/mol. The summed E-state index contributed by atoms with van der Waals surface area (Å²) in [7, 11) is 1.25. The summed E-state index contributed by atoms with van der Waals surface area (Å²) in [5.41, 5.74) is 6.73. The van der Waals surface area contributed by atoms with Gasteiger partial charge in [0.15, 0.2) is 0 Å². The molecule has 7 nitrogen and oxygen atoms in total. The number of imide groups is 1. The number of nitrogen functional groups attached to an aromatic ring is 1. The molecule has 0 unspecified atom stereocenters. The van der Waals surface area contributed by atoms with Crippen LogP contribution in [0.15, 0.2) is 18.2 Å². The molecular formula is C12H13N3O4. The Labute approximate surface area is 109 Å². The number of nitrogens with one attached hydrogen (secondary N) is 1. The summed E-state index contributed by atoms with van der Waals surface area (Å²) in [6.45, 7) is -0.0755. The lowest BCUT2D eigenvalue weighted by Gasteiger charge is -2.29. The molecule has 7 heteroatoms. The Hall–Kier alpha value is -2.57. The van der Waals surface area contributed by atoms with E-state index in [1.54, 1.807) is 12.1 Å². The van der Waals surface area contributed by atoms with Crippen LogP contribution in [0.2, 0.25) is 0 Å². The number of carbonyl (C=O) groups is 3. The highest BCUT2D eigenvalue weighted by atomic mass is 16.5. The molecule has 1 aliphatic rings. The average Bonchev–Trinajstić information content (AvgIpc) is 2.36. The number of para-hydroxylation sites is 1. The molecule has 1 fully saturated rings. The largest absolute Gasteiger partial charge is 0.465 e. The number of ether oxygens (including phenoxy) is 1. The molecule has 1 aromatic carbocycles. The van der Waals surface area contributed by atoms with Gasteiger partial charge in [-0.25, -0.2) is 4.79 Å². The van der Waals surface area contributed by atoms with Gasteiger partial charge in [-0.3, -0.25) is 14.9 Å². The first-order chi connectivity index (χ1) is 9.02. The van der Waals surface area contributed by atoms with Gasteiger partial charge >= 0.3 is 5.97 Å². The minimum Gasteiger partial charge on any atom is -0.465 e. The predicted molar refractivity (Wildman–Crippen MR) is 67.6 cm³/mol.